The van der Waals surface area contributed by atoms with Gasteiger partial charge in [-0.05, 0) is 110 Å². The molecule has 0 saturated heterocycles. The lowest BCUT2D eigenvalue weighted by atomic mass is 9.67. The minimum atomic E-state index is -0.490. The van der Waals surface area contributed by atoms with Gasteiger partial charge in [-0.1, -0.05) is 212 Å². The Hall–Kier alpha value is -9.97. The van der Waals surface area contributed by atoms with Gasteiger partial charge in [-0.25, -0.2) is 15.0 Å². The van der Waals surface area contributed by atoms with Crippen LogP contribution in [-0.4, -0.2) is 19.5 Å². The predicted octanol–water partition coefficient (Wildman–Crippen LogP) is 17.6. The number of rotatable bonds is 8. The average molecular weight is 957 g/mol. The van der Waals surface area contributed by atoms with Crippen molar-refractivity contribution in [2.75, 3.05) is 0 Å². The minimum absolute atomic E-state index is 0.490. The van der Waals surface area contributed by atoms with Gasteiger partial charge in [0.25, 0.3) is 0 Å². The molecule has 0 unspecified atom stereocenters. The molecule has 5 heteroatoms. The van der Waals surface area contributed by atoms with Crippen molar-refractivity contribution in [2.45, 2.75) is 5.41 Å². The summed E-state index contributed by atoms with van der Waals surface area (Å²) in [6.07, 6.45) is 0. The topological polar surface area (TPSA) is 56.7 Å². The van der Waals surface area contributed by atoms with Crippen LogP contribution in [-0.2, 0) is 5.41 Å². The molecule has 15 rings (SSSR count). The van der Waals surface area contributed by atoms with Crippen molar-refractivity contribution < 1.29 is 4.42 Å². The predicted molar refractivity (Wildman–Crippen MR) is 306 cm³/mol. The van der Waals surface area contributed by atoms with E-state index in [0.717, 1.165) is 66.5 Å². The summed E-state index contributed by atoms with van der Waals surface area (Å²) in [7, 11) is 0. The van der Waals surface area contributed by atoms with Crippen LogP contribution in [0, 0.1) is 0 Å². The van der Waals surface area contributed by atoms with Crippen LogP contribution in [0.1, 0.15) is 22.3 Å². The van der Waals surface area contributed by atoms with E-state index in [9.17, 15) is 0 Å². The summed E-state index contributed by atoms with van der Waals surface area (Å²) in [4.78, 5) is 15.2. The molecule has 5 nitrogen and oxygen atoms in total. The maximum Gasteiger partial charge on any atom is 0.164 e. The number of furan rings is 1. The fraction of sp³-hybridized carbons (Fsp3) is 0.0143. The zero-order valence-corrected chi connectivity index (χ0v) is 40.6. The number of aromatic nitrogens is 4. The van der Waals surface area contributed by atoms with E-state index in [4.69, 9.17) is 19.4 Å². The van der Waals surface area contributed by atoms with Crippen LogP contribution in [0.15, 0.2) is 271 Å². The molecule has 0 saturated carbocycles. The SMILES string of the molecule is c1ccc(-c2nc(-c3ccccc3)nc(-c3cccc4oc5ccc(-c6ccc7c(c6)c6cc(-c8cccc9c8-c8ccccc8C9(c8ccccc8)c8ccccc8)ccc6n7-c6ccccc6)cc5c34)n2)cc1. The minimum Gasteiger partial charge on any atom is -0.456 e. The maximum absolute atomic E-state index is 6.61. The van der Waals surface area contributed by atoms with E-state index in [1.54, 1.807) is 0 Å². The van der Waals surface area contributed by atoms with Gasteiger partial charge in [0.05, 0.1) is 16.4 Å². The highest BCUT2D eigenvalue weighted by molar-refractivity contribution is 6.15. The van der Waals surface area contributed by atoms with E-state index in [0.29, 0.717) is 17.5 Å². The van der Waals surface area contributed by atoms with Gasteiger partial charge in [0.1, 0.15) is 11.2 Å². The van der Waals surface area contributed by atoms with Crippen LogP contribution in [0.3, 0.4) is 0 Å². The summed E-state index contributed by atoms with van der Waals surface area (Å²) in [6, 6.07) is 95.6. The normalized spacial score (nSPS) is 12.6. The first-order chi connectivity index (χ1) is 37.2. The first kappa shape index (κ1) is 42.7. The molecule has 1 aliphatic rings. The van der Waals surface area contributed by atoms with Gasteiger partial charge in [0, 0.05) is 43.9 Å². The zero-order valence-electron chi connectivity index (χ0n) is 40.6. The lowest BCUT2D eigenvalue weighted by Gasteiger charge is -2.34. The summed E-state index contributed by atoms with van der Waals surface area (Å²) in [5.74, 6) is 1.82. The lowest BCUT2D eigenvalue weighted by Crippen LogP contribution is -2.28. The number of hydrogen-bond donors (Lipinski definition) is 0. The van der Waals surface area contributed by atoms with Gasteiger partial charge in [-0.2, -0.15) is 0 Å². The molecule has 3 aromatic heterocycles. The number of nitrogens with zero attached hydrogens (tertiary/aromatic N) is 4. The third-order valence-corrected chi connectivity index (χ3v) is 15.3. The second-order valence-electron chi connectivity index (χ2n) is 19.4. The van der Waals surface area contributed by atoms with Gasteiger partial charge in [0.15, 0.2) is 17.5 Å². The number of benzene rings is 11. The van der Waals surface area contributed by atoms with E-state index < -0.39 is 5.41 Å². The Balaban J connectivity index is 0.916. The molecular formula is C70H44N4O. The van der Waals surface area contributed by atoms with Crippen LogP contribution in [0.25, 0.3) is 117 Å². The molecule has 350 valence electrons. The molecule has 0 fully saturated rings. The molecule has 14 aromatic rings. The summed E-state index contributed by atoms with van der Waals surface area (Å²) >= 11 is 0. The Bertz CT molecular complexity index is 4410. The summed E-state index contributed by atoms with van der Waals surface area (Å²) < 4.78 is 9.02. The molecular weight excluding hydrogens is 913 g/mol. The van der Waals surface area contributed by atoms with Crippen LogP contribution in [0.5, 0.6) is 0 Å². The standard InChI is InChI=1S/C70H44N4O/c1-6-20-45(21-7-1)67-71-68(46-22-8-2-9-23-46)73-69(72-67)55-32-19-35-64-66(55)58-43-48(38-41-63(58)75-64)47-36-39-61-56(42-47)57-44-49(37-40-62(57)74(61)52-28-14-5-15-29-52)53-31-18-34-60-65(53)54-30-16-17-33-59(54)70(60,50-24-10-3-11-25-50)51-26-12-4-13-27-51/h1-44H. The highest BCUT2D eigenvalue weighted by Gasteiger charge is 2.46. The van der Waals surface area contributed by atoms with Crippen LogP contribution < -0.4 is 0 Å². The van der Waals surface area contributed by atoms with E-state index in [-0.39, 0.29) is 0 Å². The van der Waals surface area contributed by atoms with Gasteiger partial charge in [-0.15, -0.1) is 0 Å². The van der Waals surface area contributed by atoms with Gasteiger partial charge in [0.2, 0.25) is 0 Å². The Morgan fingerprint density at radius 2 is 0.800 bits per heavy atom. The summed E-state index contributed by atoms with van der Waals surface area (Å²) in [6.45, 7) is 0. The Morgan fingerprint density at radius 3 is 1.45 bits per heavy atom. The number of para-hydroxylation sites is 1. The molecule has 0 amide bonds. The largest absolute Gasteiger partial charge is 0.456 e. The van der Waals surface area contributed by atoms with Crippen LogP contribution in [0.4, 0.5) is 0 Å². The van der Waals surface area contributed by atoms with Crippen molar-refractivity contribution in [1.82, 2.24) is 19.5 Å². The summed E-state index contributed by atoms with van der Waals surface area (Å²) in [5.41, 5.74) is 19.4. The fourth-order valence-electron chi connectivity index (χ4n) is 12.1. The molecule has 0 radical (unpaired) electrons. The lowest BCUT2D eigenvalue weighted by molar-refractivity contribution is 0.669. The Labute approximate surface area is 433 Å². The molecule has 1 aliphatic carbocycles. The Morgan fingerprint density at radius 1 is 0.320 bits per heavy atom. The molecule has 75 heavy (non-hydrogen) atoms. The molecule has 0 spiro atoms. The highest BCUT2D eigenvalue weighted by Crippen LogP contribution is 2.58. The van der Waals surface area contributed by atoms with Crippen LogP contribution >= 0.6 is 0 Å². The first-order valence-electron chi connectivity index (χ1n) is 25.5. The first-order valence-corrected chi connectivity index (χ1v) is 25.5. The maximum atomic E-state index is 6.61. The third-order valence-electron chi connectivity index (χ3n) is 15.3. The van der Waals surface area contributed by atoms with Crippen molar-refractivity contribution in [3.8, 4) is 73.2 Å². The molecule has 0 bridgehead atoms. The van der Waals surface area contributed by atoms with Crippen molar-refractivity contribution in [2.24, 2.45) is 0 Å². The third kappa shape index (κ3) is 6.68. The highest BCUT2D eigenvalue weighted by atomic mass is 16.3. The smallest absolute Gasteiger partial charge is 0.164 e. The summed E-state index contributed by atoms with van der Waals surface area (Å²) in [5, 5.41) is 4.32. The van der Waals surface area contributed by atoms with E-state index >= 15 is 0 Å². The zero-order chi connectivity index (χ0) is 49.5. The number of hydrogen-bond acceptors (Lipinski definition) is 4. The van der Waals surface area contributed by atoms with Crippen molar-refractivity contribution in [3.05, 3.63) is 289 Å². The van der Waals surface area contributed by atoms with Crippen LogP contribution in [0.2, 0.25) is 0 Å². The molecule has 0 atom stereocenters. The van der Waals surface area contributed by atoms with Crippen molar-refractivity contribution in [1.29, 1.82) is 0 Å². The second kappa shape index (κ2) is 17.1. The molecule has 0 aliphatic heterocycles. The number of fused-ring (bicyclic) bond motifs is 9. The van der Waals surface area contributed by atoms with Gasteiger partial charge >= 0.3 is 0 Å². The Kier molecular flexibility index (Phi) is 9.72. The second-order valence-corrected chi connectivity index (χ2v) is 19.4. The molecule has 0 N–H and O–H groups in total. The van der Waals surface area contributed by atoms with E-state index in [1.165, 1.54) is 55.3 Å². The monoisotopic (exact) mass is 956 g/mol. The van der Waals surface area contributed by atoms with Gasteiger partial charge in [-0.3, -0.25) is 0 Å². The van der Waals surface area contributed by atoms with E-state index in [2.05, 4.69) is 199 Å². The van der Waals surface area contributed by atoms with Gasteiger partial charge < -0.3 is 8.98 Å². The molecule has 11 aromatic carbocycles. The average Bonchev–Trinajstić information content (AvgIpc) is 4.24. The van der Waals surface area contributed by atoms with E-state index in [1.807, 2.05) is 72.8 Å². The molecule has 3 heterocycles. The van der Waals surface area contributed by atoms with Crippen molar-refractivity contribution >= 4 is 43.7 Å². The quantitative estimate of drug-likeness (QED) is 0.152. The fourth-order valence-corrected chi connectivity index (χ4v) is 12.1. The van der Waals surface area contributed by atoms with Crippen molar-refractivity contribution in [3.63, 3.8) is 0 Å².